The lowest BCUT2D eigenvalue weighted by molar-refractivity contribution is -0.697. The van der Waals surface area contributed by atoms with Crippen molar-refractivity contribution in [1.82, 2.24) is 0 Å². The first-order chi connectivity index (χ1) is 19.8. The highest BCUT2D eigenvalue weighted by Gasteiger charge is 2.22. The highest BCUT2D eigenvalue weighted by molar-refractivity contribution is 5.91. The maximum absolute atomic E-state index is 12.7. The molecule has 0 bridgehead atoms. The molecule has 0 aliphatic rings. The lowest BCUT2D eigenvalue weighted by Crippen LogP contribution is -2.33. The van der Waals surface area contributed by atoms with Crippen LogP contribution < -0.4 is 14.2 Å². The lowest BCUT2D eigenvalue weighted by atomic mass is 9.86. The van der Waals surface area contributed by atoms with Crippen molar-refractivity contribution in [3.63, 3.8) is 0 Å². The summed E-state index contributed by atoms with van der Waals surface area (Å²) in [7, 11) is 0. The monoisotopic (exact) mass is 565 g/mol. The maximum Gasteiger partial charge on any atom is 0.224 e. The summed E-state index contributed by atoms with van der Waals surface area (Å²) in [6.07, 6.45) is 24.3. The van der Waals surface area contributed by atoms with E-state index in [0.29, 0.717) is 6.54 Å². The summed E-state index contributed by atoms with van der Waals surface area (Å²) >= 11 is 0. The second-order valence-electron chi connectivity index (χ2n) is 12.9. The normalized spacial score (nSPS) is 11.6. The van der Waals surface area contributed by atoms with Gasteiger partial charge in [-0.1, -0.05) is 118 Å². The van der Waals surface area contributed by atoms with Gasteiger partial charge in [0.05, 0.1) is 13.2 Å². The molecule has 0 spiro atoms. The van der Waals surface area contributed by atoms with Crippen LogP contribution in [-0.2, 0) is 23.3 Å². The van der Waals surface area contributed by atoms with E-state index < -0.39 is 0 Å². The summed E-state index contributed by atoms with van der Waals surface area (Å²) in [6, 6.07) is 10.5. The van der Waals surface area contributed by atoms with E-state index in [1.807, 2.05) is 11.0 Å². The zero-order chi connectivity index (χ0) is 29.9. The van der Waals surface area contributed by atoms with E-state index in [0.717, 1.165) is 48.6 Å². The first kappa shape index (κ1) is 34.8. The Morgan fingerprint density at radius 3 is 1.78 bits per heavy atom. The number of hydrogen-bond donors (Lipinski definition) is 0. The van der Waals surface area contributed by atoms with Crippen molar-refractivity contribution in [2.24, 2.45) is 0 Å². The number of aromatic nitrogens is 1. The van der Waals surface area contributed by atoms with Gasteiger partial charge >= 0.3 is 0 Å². The first-order valence-electron chi connectivity index (χ1n) is 16.8. The highest BCUT2D eigenvalue weighted by Crippen LogP contribution is 2.35. The van der Waals surface area contributed by atoms with Gasteiger partial charge in [-0.25, -0.2) is 4.57 Å². The molecule has 0 saturated heterocycles. The third kappa shape index (κ3) is 13.9. The second kappa shape index (κ2) is 19.7. The summed E-state index contributed by atoms with van der Waals surface area (Å²) in [4.78, 5) is 14.5. The van der Waals surface area contributed by atoms with Crippen molar-refractivity contribution in [2.75, 3.05) is 11.5 Å². The molecule has 0 N–H and O–H groups in total. The van der Waals surface area contributed by atoms with Gasteiger partial charge in [-0.3, -0.25) is 4.79 Å². The van der Waals surface area contributed by atoms with Crippen molar-refractivity contribution in [2.45, 2.75) is 156 Å². The standard InChI is InChI=1S/C37H61N2O2/c1-7-9-10-11-12-13-14-15-16-17-18-19-20-21-29-41-36-23-22-34(30-35(36)37(4,5)6)39(32(3)40)31-33-24-27-38(26-8-2)28-25-33/h22-25,27-28,30H,7-21,26,29,31H2,1-6H3/q+1. The molecule has 0 aliphatic carbocycles. The predicted octanol–water partition coefficient (Wildman–Crippen LogP) is 10.1. The summed E-state index contributed by atoms with van der Waals surface area (Å²) in [5.41, 5.74) is 3.13. The van der Waals surface area contributed by atoms with Gasteiger partial charge in [-0.05, 0) is 35.6 Å². The molecule has 0 fully saturated rings. The summed E-state index contributed by atoms with van der Waals surface area (Å²) < 4.78 is 8.50. The van der Waals surface area contributed by atoms with E-state index in [-0.39, 0.29) is 11.3 Å². The molecular weight excluding hydrogens is 504 g/mol. The summed E-state index contributed by atoms with van der Waals surface area (Å²) in [5, 5.41) is 0. The largest absolute Gasteiger partial charge is 0.493 e. The van der Waals surface area contributed by atoms with Crippen molar-refractivity contribution in [1.29, 1.82) is 0 Å². The fourth-order valence-electron chi connectivity index (χ4n) is 5.44. The minimum absolute atomic E-state index is 0.0474. The molecule has 0 radical (unpaired) electrons. The number of aryl methyl sites for hydroxylation is 1. The molecule has 2 rings (SSSR count). The van der Waals surface area contributed by atoms with Crippen LogP contribution >= 0.6 is 0 Å². The molecule has 4 heteroatoms. The molecule has 41 heavy (non-hydrogen) atoms. The van der Waals surface area contributed by atoms with E-state index >= 15 is 0 Å². The number of pyridine rings is 1. The van der Waals surface area contributed by atoms with E-state index in [1.165, 1.54) is 83.5 Å². The molecule has 4 nitrogen and oxygen atoms in total. The van der Waals surface area contributed by atoms with Crippen LogP contribution in [0, 0.1) is 0 Å². The molecule has 230 valence electrons. The summed E-state index contributed by atoms with van der Waals surface area (Å²) in [6.45, 7) is 15.1. The average Bonchev–Trinajstić information content (AvgIpc) is 2.94. The van der Waals surface area contributed by atoms with Crippen molar-refractivity contribution < 1.29 is 14.1 Å². The smallest absolute Gasteiger partial charge is 0.224 e. The topological polar surface area (TPSA) is 33.4 Å². The Balaban J connectivity index is 1.79. The molecule has 1 aromatic heterocycles. The molecule has 0 saturated carbocycles. The minimum Gasteiger partial charge on any atom is -0.493 e. The number of benzene rings is 1. The zero-order valence-corrected chi connectivity index (χ0v) is 27.5. The van der Waals surface area contributed by atoms with Crippen LogP contribution in [0.15, 0.2) is 42.7 Å². The van der Waals surface area contributed by atoms with Crippen LogP contribution in [0.2, 0.25) is 0 Å². The number of nitrogens with zero attached hydrogens (tertiary/aromatic N) is 2. The van der Waals surface area contributed by atoms with Gasteiger partial charge in [0.25, 0.3) is 0 Å². The first-order valence-corrected chi connectivity index (χ1v) is 16.8. The number of anilines is 1. The van der Waals surface area contributed by atoms with Crippen molar-refractivity contribution in [3.05, 3.63) is 53.9 Å². The number of ether oxygens (including phenoxy) is 1. The Kier molecular flexibility index (Phi) is 16.7. The van der Waals surface area contributed by atoms with E-state index in [4.69, 9.17) is 4.74 Å². The molecule has 1 heterocycles. The number of carbonyl (C=O) groups is 1. The van der Waals surface area contributed by atoms with Gasteiger partial charge in [-0.15, -0.1) is 0 Å². The van der Waals surface area contributed by atoms with Crippen LogP contribution in [0.5, 0.6) is 5.75 Å². The van der Waals surface area contributed by atoms with Crippen molar-refractivity contribution in [3.8, 4) is 5.75 Å². The fraction of sp³-hybridized carbons (Fsp3) is 0.676. The van der Waals surface area contributed by atoms with E-state index in [9.17, 15) is 4.79 Å². The molecule has 0 aliphatic heterocycles. The summed E-state index contributed by atoms with van der Waals surface area (Å²) in [5.74, 6) is 0.992. The quantitative estimate of drug-likeness (QED) is 0.111. The van der Waals surface area contributed by atoms with Crippen LogP contribution in [0.3, 0.4) is 0 Å². The molecule has 1 amide bonds. The van der Waals surface area contributed by atoms with Crippen LogP contribution in [0.25, 0.3) is 0 Å². The van der Waals surface area contributed by atoms with Gasteiger partial charge in [0.2, 0.25) is 5.91 Å². The molecule has 2 aromatic rings. The van der Waals surface area contributed by atoms with Gasteiger partial charge < -0.3 is 9.64 Å². The number of unbranched alkanes of at least 4 members (excludes halogenated alkanes) is 13. The fourth-order valence-corrected chi connectivity index (χ4v) is 5.44. The molecule has 0 unspecified atom stereocenters. The van der Waals surface area contributed by atoms with E-state index in [1.54, 1.807) is 6.92 Å². The van der Waals surface area contributed by atoms with Crippen LogP contribution in [0.1, 0.15) is 149 Å². The highest BCUT2D eigenvalue weighted by atomic mass is 16.5. The Morgan fingerprint density at radius 1 is 0.756 bits per heavy atom. The maximum atomic E-state index is 12.7. The van der Waals surface area contributed by atoms with Gasteiger partial charge in [0.15, 0.2) is 12.4 Å². The number of rotatable bonds is 21. The Bertz CT molecular complexity index is 977. The zero-order valence-electron chi connectivity index (χ0n) is 27.5. The molecular formula is C37H61N2O2+. The average molecular weight is 566 g/mol. The Morgan fingerprint density at radius 2 is 1.29 bits per heavy atom. The minimum atomic E-state index is -0.0816. The van der Waals surface area contributed by atoms with Gasteiger partial charge in [-0.2, -0.15) is 0 Å². The number of hydrogen-bond acceptors (Lipinski definition) is 2. The lowest BCUT2D eigenvalue weighted by Gasteiger charge is -2.27. The molecule has 0 atom stereocenters. The van der Waals surface area contributed by atoms with Gasteiger partial charge in [0, 0.05) is 36.7 Å². The predicted molar refractivity (Wildman–Crippen MR) is 175 cm³/mol. The SMILES string of the molecule is CCCCCCCCCCCCCCCCOc1ccc(N(Cc2cc[n+](CCC)cc2)C(C)=O)cc1C(C)(C)C. The second-order valence-corrected chi connectivity index (χ2v) is 12.9. The van der Waals surface area contributed by atoms with Crippen LogP contribution in [0.4, 0.5) is 5.69 Å². The Labute approximate surface area is 252 Å². The number of amides is 1. The van der Waals surface area contributed by atoms with Gasteiger partial charge in [0.1, 0.15) is 12.3 Å². The number of carbonyl (C=O) groups excluding carboxylic acids is 1. The van der Waals surface area contributed by atoms with Crippen molar-refractivity contribution >= 4 is 11.6 Å². The third-order valence-electron chi connectivity index (χ3n) is 8.00. The van der Waals surface area contributed by atoms with E-state index in [2.05, 4.69) is 75.8 Å². The van der Waals surface area contributed by atoms with Crippen LogP contribution in [-0.4, -0.2) is 12.5 Å². The Hall–Kier alpha value is -2.36. The molecule has 1 aromatic carbocycles. The third-order valence-corrected chi connectivity index (χ3v) is 8.00.